The van der Waals surface area contributed by atoms with Gasteiger partial charge in [0, 0.05) is 30.0 Å². The Hall–Kier alpha value is -1.07. The highest BCUT2D eigenvalue weighted by Crippen LogP contribution is 2.30. The smallest absolute Gasteiger partial charge is 0.160 e. The van der Waals surface area contributed by atoms with E-state index in [0.29, 0.717) is 12.5 Å². The largest absolute Gasteiger partial charge is 0.326 e. The van der Waals surface area contributed by atoms with Crippen LogP contribution in [0.15, 0.2) is 18.3 Å². The summed E-state index contributed by atoms with van der Waals surface area (Å²) in [4.78, 5) is 4.62. The number of rotatable bonds is 2. The Morgan fingerprint density at radius 3 is 3.25 bits per heavy atom. The minimum absolute atomic E-state index is 0.516. The third-order valence-electron chi connectivity index (χ3n) is 2.97. The van der Waals surface area contributed by atoms with Crippen LogP contribution in [0.25, 0.3) is 5.65 Å². The van der Waals surface area contributed by atoms with Crippen molar-refractivity contribution in [2.24, 2.45) is 5.73 Å². The molecule has 0 bridgehead atoms. The van der Waals surface area contributed by atoms with Crippen molar-refractivity contribution in [3.8, 4) is 0 Å². The Balaban J connectivity index is 2.07. The summed E-state index contributed by atoms with van der Waals surface area (Å²) >= 11 is 1.98. The van der Waals surface area contributed by atoms with Gasteiger partial charge in [-0.05, 0) is 18.2 Å². The van der Waals surface area contributed by atoms with Gasteiger partial charge in [-0.1, -0.05) is 6.07 Å². The molecule has 1 unspecified atom stereocenters. The minimum atomic E-state index is 0.516. The van der Waals surface area contributed by atoms with E-state index in [9.17, 15) is 0 Å². The maximum atomic E-state index is 5.69. The standard InChI is InChI=1S/C11H14N4S/c12-6-8-2-1-4-15-11(8)13-10(14-15)9-3-5-16-7-9/h1-2,4,9H,3,5-7,12H2. The van der Waals surface area contributed by atoms with Gasteiger partial charge in [0.1, 0.15) is 0 Å². The molecular weight excluding hydrogens is 220 g/mol. The second-order valence-corrected chi connectivity index (χ2v) is 5.19. The fourth-order valence-corrected chi connectivity index (χ4v) is 3.27. The molecule has 2 aromatic rings. The van der Waals surface area contributed by atoms with Crippen LogP contribution in [0.3, 0.4) is 0 Å². The molecule has 4 nitrogen and oxygen atoms in total. The molecule has 16 heavy (non-hydrogen) atoms. The maximum Gasteiger partial charge on any atom is 0.160 e. The highest BCUT2D eigenvalue weighted by Gasteiger charge is 2.22. The molecule has 5 heteroatoms. The van der Waals surface area contributed by atoms with E-state index in [-0.39, 0.29) is 0 Å². The number of hydrogen-bond donors (Lipinski definition) is 1. The lowest BCUT2D eigenvalue weighted by Gasteiger charge is -1.99. The molecule has 0 saturated carbocycles. The SMILES string of the molecule is NCc1cccn2nc(C3CCSC3)nc12. The average Bonchev–Trinajstić information content (AvgIpc) is 2.96. The molecule has 0 aliphatic carbocycles. The minimum Gasteiger partial charge on any atom is -0.326 e. The van der Waals surface area contributed by atoms with Crippen molar-refractivity contribution >= 4 is 17.4 Å². The Kier molecular flexibility index (Phi) is 2.57. The van der Waals surface area contributed by atoms with E-state index in [1.165, 1.54) is 12.2 Å². The van der Waals surface area contributed by atoms with Crippen LogP contribution in [0.4, 0.5) is 0 Å². The van der Waals surface area contributed by atoms with Gasteiger partial charge < -0.3 is 5.73 Å². The summed E-state index contributed by atoms with van der Waals surface area (Å²) in [5.41, 5.74) is 7.67. The Morgan fingerprint density at radius 2 is 2.50 bits per heavy atom. The van der Waals surface area contributed by atoms with Gasteiger partial charge in [-0.3, -0.25) is 0 Å². The first-order chi connectivity index (χ1) is 7.88. The van der Waals surface area contributed by atoms with Crippen LogP contribution in [0.2, 0.25) is 0 Å². The molecule has 2 aromatic heterocycles. The number of nitrogens with two attached hydrogens (primary N) is 1. The van der Waals surface area contributed by atoms with Crippen molar-refractivity contribution < 1.29 is 0 Å². The van der Waals surface area contributed by atoms with E-state index in [2.05, 4.69) is 10.1 Å². The maximum absolute atomic E-state index is 5.69. The normalized spacial score (nSPS) is 20.7. The van der Waals surface area contributed by atoms with E-state index in [4.69, 9.17) is 5.73 Å². The molecule has 1 atom stereocenters. The van der Waals surface area contributed by atoms with Crippen molar-refractivity contribution in [1.82, 2.24) is 14.6 Å². The molecule has 3 rings (SSSR count). The number of fused-ring (bicyclic) bond motifs is 1. The monoisotopic (exact) mass is 234 g/mol. The quantitative estimate of drug-likeness (QED) is 0.853. The number of hydrogen-bond acceptors (Lipinski definition) is 4. The van der Waals surface area contributed by atoms with E-state index in [1.807, 2.05) is 34.6 Å². The molecule has 84 valence electrons. The van der Waals surface area contributed by atoms with E-state index in [1.54, 1.807) is 0 Å². The van der Waals surface area contributed by atoms with Gasteiger partial charge in [-0.2, -0.15) is 16.9 Å². The molecule has 0 amide bonds. The molecular formula is C11H14N4S. The first-order valence-electron chi connectivity index (χ1n) is 5.50. The molecule has 0 aromatic carbocycles. The highest BCUT2D eigenvalue weighted by atomic mass is 32.2. The summed E-state index contributed by atoms with van der Waals surface area (Å²) in [6.07, 6.45) is 3.13. The lowest BCUT2D eigenvalue weighted by atomic mass is 10.1. The number of pyridine rings is 1. The van der Waals surface area contributed by atoms with Gasteiger partial charge in [-0.25, -0.2) is 9.50 Å². The van der Waals surface area contributed by atoms with Gasteiger partial charge in [0.15, 0.2) is 11.5 Å². The fraction of sp³-hybridized carbons (Fsp3) is 0.455. The zero-order valence-electron chi connectivity index (χ0n) is 8.97. The number of aromatic nitrogens is 3. The number of nitrogens with zero attached hydrogens (tertiary/aromatic N) is 3. The summed E-state index contributed by atoms with van der Waals surface area (Å²) in [7, 11) is 0. The Bertz CT molecular complexity index is 502. The third kappa shape index (κ3) is 1.60. The van der Waals surface area contributed by atoms with Crippen molar-refractivity contribution in [3.63, 3.8) is 0 Å². The average molecular weight is 234 g/mol. The molecule has 3 heterocycles. The van der Waals surface area contributed by atoms with Crippen molar-refractivity contribution in [2.45, 2.75) is 18.9 Å². The van der Waals surface area contributed by atoms with Crippen LogP contribution >= 0.6 is 11.8 Å². The molecule has 1 aliphatic rings. The van der Waals surface area contributed by atoms with Crippen LogP contribution in [-0.2, 0) is 6.54 Å². The van der Waals surface area contributed by atoms with E-state index >= 15 is 0 Å². The summed E-state index contributed by atoms with van der Waals surface area (Å²) in [6.45, 7) is 0.516. The zero-order chi connectivity index (χ0) is 11.0. The second kappa shape index (κ2) is 4.07. The van der Waals surface area contributed by atoms with Crippen LogP contribution < -0.4 is 5.73 Å². The summed E-state index contributed by atoms with van der Waals surface area (Å²) in [6, 6.07) is 3.98. The molecule has 0 spiro atoms. The van der Waals surface area contributed by atoms with Gasteiger partial charge in [0.2, 0.25) is 0 Å². The van der Waals surface area contributed by atoms with Crippen molar-refractivity contribution in [2.75, 3.05) is 11.5 Å². The molecule has 1 saturated heterocycles. The summed E-state index contributed by atoms with van der Waals surface area (Å²) in [5.74, 6) is 3.88. The topological polar surface area (TPSA) is 56.2 Å². The second-order valence-electron chi connectivity index (χ2n) is 4.04. The van der Waals surface area contributed by atoms with Gasteiger partial charge in [0.05, 0.1) is 0 Å². The van der Waals surface area contributed by atoms with Crippen LogP contribution in [0.1, 0.15) is 23.7 Å². The Labute approximate surface area is 98.2 Å². The fourth-order valence-electron chi connectivity index (χ4n) is 2.05. The van der Waals surface area contributed by atoms with Crippen LogP contribution in [-0.4, -0.2) is 26.1 Å². The lowest BCUT2D eigenvalue weighted by molar-refractivity contribution is 0.713. The zero-order valence-corrected chi connectivity index (χ0v) is 9.78. The van der Waals surface area contributed by atoms with E-state index < -0.39 is 0 Å². The first kappa shape index (κ1) is 10.1. The predicted octanol–water partition coefficient (Wildman–Crippen LogP) is 1.41. The van der Waals surface area contributed by atoms with Gasteiger partial charge in [-0.15, -0.1) is 0 Å². The third-order valence-corrected chi connectivity index (χ3v) is 4.14. The van der Waals surface area contributed by atoms with Crippen molar-refractivity contribution in [1.29, 1.82) is 0 Å². The van der Waals surface area contributed by atoms with Crippen LogP contribution in [0.5, 0.6) is 0 Å². The number of thioether (sulfide) groups is 1. The van der Waals surface area contributed by atoms with Gasteiger partial charge >= 0.3 is 0 Å². The highest BCUT2D eigenvalue weighted by molar-refractivity contribution is 7.99. The first-order valence-corrected chi connectivity index (χ1v) is 6.66. The van der Waals surface area contributed by atoms with Gasteiger partial charge in [0.25, 0.3) is 0 Å². The van der Waals surface area contributed by atoms with E-state index in [0.717, 1.165) is 22.8 Å². The van der Waals surface area contributed by atoms with Crippen molar-refractivity contribution in [3.05, 3.63) is 29.7 Å². The summed E-state index contributed by atoms with van der Waals surface area (Å²) < 4.78 is 1.85. The molecule has 0 radical (unpaired) electrons. The summed E-state index contributed by atoms with van der Waals surface area (Å²) in [5, 5.41) is 4.54. The molecule has 2 N–H and O–H groups in total. The molecule has 1 aliphatic heterocycles. The molecule has 1 fully saturated rings. The van der Waals surface area contributed by atoms with Crippen LogP contribution in [0, 0.1) is 0 Å². The predicted molar refractivity (Wildman–Crippen MR) is 65.6 cm³/mol. The Morgan fingerprint density at radius 1 is 1.56 bits per heavy atom. The lowest BCUT2D eigenvalue weighted by Crippen LogP contribution is -1.99.